The highest BCUT2D eigenvalue weighted by molar-refractivity contribution is 7.80. The van der Waals surface area contributed by atoms with Gasteiger partial charge in [-0.25, -0.2) is 14.4 Å². The zero-order valence-electron chi connectivity index (χ0n) is 16.3. The maximum atomic E-state index is 13.9. The molecule has 1 aliphatic heterocycles. The van der Waals surface area contributed by atoms with Crippen molar-refractivity contribution in [1.29, 1.82) is 0 Å². The summed E-state index contributed by atoms with van der Waals surface area (Å²) in [5.41, 5.74) is 2.17. The van der Waals surface area contributed by atoms with Crippen LogP contribution < -0.4 is 4.90 Å². The van der Waals surface area contributed by atoms with Gasteiger partial charge in [0.1, 0.15) is 28.2 Å². The summed E-state index contributed by atoms with van der Waals surface area (Å²) < 4.78 is 13.9. The van der Waals surface area contributed by atoms with Crippen LogP contribution in [0.15, 0.2) is 59.4 Å². The standard InChI is InChI=1S/C22H23FN4S/c1-4-13-27-21(12-10-17-7-5-6-8-18(17)23)25-19(22(27)28)14-16-9-11-20(24-15-16)26(2)3/h5-12,14-15H,4,13H2,1-3H3/b12-10+,19-14-. The average Bonchev–Trinajstić information content (AvgIpc) is 2.97. The Morgan fingerprint density at radius 3 is 2.57 bits per heavy atom. The van der Waals surface area contributed by atoms with E-state index < -0.39 is 0 Å². The zero-order valence-corrected chi connectivity index (χ0v) is 17.1. The fraction of sp³-hybridized carbons (Fsp3) is 0.227. The summed E-state index contributed by atoms with van der Waals surface area (Å²) in [7, 11) is 3.90. The number of hydrogen-bond acceptors (Lipinski definition) is 4. The van der Waals surface area contributed by atoms with Crippen LogP contribution >= 0.6 is 12.2 Å². The van der Waals surface area contributed by atoms with Crippen molar-refractivity contribution in [3.63, 3.8) is 0 Å². The van der Waals surface area contributed by atoms with Crippen molar-refractivity contribution < 1.29 is 4.39 Å². The minimum absolute atomic E-state index is 0.259. The molecule has 28 heavy (non-hydrogen) atoms. The third kappa shape index (κ3) is 4.51. The summed E-state index contributed by atoms with van der Waals surface area (Å²) in [6.45, 7) is 2.85. The van der Waals surface area contributed by atoms with Crippen molar-refractivity contribution in [2.75, 3.05) is 25.5 Å². The molecule has 0 unspecified atom stereocenters. The molecule has 0 atom stereocenters. The van der Waals surface area contributed by atoms with Crippen molar-refractivity contribution in [2.24, 2.45) is 4.99 Å². The lowest BCUT2D eigenvalue weighted by Crippen LogP contribution is -2.30. The highest BCUT2D eigenvalue weighted by Gasteiger charge is 2.24. The summed E-state index contributed by atoms with van der Waals surface area (Å²) in [6, 6.07) is 10.6. The first kappa shape index (κ1) is 19.9. The minimum Gasteiger partial charge on any atom is -0.363 e. The zero-order chi connectivity index (χ0) is 20.1. The third-order valence-corrected chi connectivity index (χ3v) is 4.70. The number of halogens is 1. The van der Waals surface area contributed by atoms with Crippen LogP contribution in [0, 0.1) is 5.82 Å². The van der Waals surface area contributed by atoms with Crippen LogP contribution in [0.2, 0.25) is 0 Å². The number of thiocarbonyl (C=S) groups is 1. The van der Waals surface area contributed by atoms with Crippen molar-refractivity contribution in [3.05, 3.63) is 71.3 Å². The third-order valence-electron chi connectivity index (χ3n) is 4.27. The predicted octanol–water partition coefficient (Wildman–Crippen LogP) is 4.79. The molecule has 0 radical (unpaired) electrons. The summed E-state index contributed by atoms with van der Waals surface area (Å²) >= 11 is 5.63. The Hall–Kier alpha value is -2.86. The number of rotatable bonds is 6. The molecule has 2 heterocycles. The van der Waals surface area contributed by atoms with E-state index in [2.05, 4.69) is 16.9 Å². The summed E-state index contributed by atoms with van der Waals surface area (Å²) in [5.74, 6) is 1.35. The molecule has 0 fully saturated rings. The fourth-order valence-corrected chi connectivity index (χ4v) is 3.10. The van der Waals surface area contributed by atoms with Gasteiger partial charge in [-0.3, -0.25) is 0 Å². The van der Waals surface area contributed by atoms with Gasteiger partial charge < -0.3 is 9.80 Å². The maximum Gasteiger partial charge on any atom is 0.134 e. The van der Waals surface area contributed by atoms with Crippen molar-refractivity contribution >= 4 is 41.0 Å². The molecule has 6 heteroatoms. The second-order valence-corrected chi connectivity index (χ2v) is 7.04. The van der Waals surface area contributed by atoms with Gasteiger partial charge in [-0.05, 0) is 48.4 Å². The quantitative estimate of drug-likeness (QED) is 0.521. The predicted molar refractivity (Wildman–Crippen MR) is 119 cm³/mol. The van der Waals surface area contributed by atoms with E-state index in [4.69, 9.17) is 12.2 Å². The van der Waals surface area contributed by atoms with Crippen LogP contribution in [-0.4, -0.2) is 41.3 Å². The first-order valence-electron chi connectivity index (χ1n) is 9.18. The summed E-state index contributed by atoms with van der Waals surface area (Å²) in [4.78, 5) is 13.7. The van der Waals surface area contributed by atoms with Gasteiger partial charge in [-0.1, -0.05) is 37.3 Å². The molecule has 3 rings (SSSR count). The van der Waals surface area contributed by atoms with Crippen LogP contribution in [0.5, 0.6) is 0 Å². The number of amidine groups is 1. The van der Waals surface area contributed by atoms with Gasteiger partial charge in [0, 0.05) is 32.4 Å². The van der Waals surface area contributed by atoms with Gasteiger partial charge in [0.15, 0.2) is 0 Å². The molecule has 0 amide bonds. The Morgan fingerprint density at radius 1 is 1.14 bits per heavy atom. The van der Waals surface area contributed by atoms with E-state index >= 15 is 0 Å². The van der Waals surface area contributed by atoms with E-state index in [9.17, 15) is 4.39 Å². The van der Waals surface area contributed by atoms with Gasteiger partial charge in [0.05, 0.1) is 0 Å². The molecular formula is C22H23FN4S. The van der Waals surface area contributed by atoms with Crippen LogP contribution in [-0.2, 0) is 0 Å². The van der Waals surface area contributed by atoms with Crippen LogP contribution in [0.4, 0.5) is 10.2 Å². The number of benzene rings is 1. The van der Waals surface area contributed by atoms with Crippen LogP contribution in [0.3, 0.4) is 0 Å². The van der Waals surface area contributed by atoms with Crippen LogP contribution in [0.1, 0.15) is 24.5 Å². The summed E-state index contributed by atoms with van der Waals surface area (Å²) in [5, 5.41) is 0. The van der Waals surface area contributed by atoms with E-state index in [0.717, 1.165) is 35.9 Å². The topological polar surface area (TPSA) is 31.7 Å². The van der Waals surface area contributed by atoms with Gasteiger partial charge in [-0.2, -0.15) is 0 Å². The summed E-state index contributed by atoms with van der Waals surface area (Å²) in [6.07, 6.45) is 8.21. The molecule has 0 aliphatic carbocycles. The van der Waals surface area contributed by atoms with E-state index in [1.807, 2.05) is 54.2 Å². The monoisotopic (exact) mass is 394 g/mol. The largest absolute Gasteiger partial charge is 0.363 e. The number of anilines is 1. The highest BCUT2D eigenvalue weighted by atomic mass is 32.1. The number of aromatic nitrogens is 1. The highest BCUT2D eigenvalue weighted by Crippen LogP contribution is 2.22. The molecule has 4 nitrogen and oxygen atoms in total. The van der Waals surface area contributed by atoms with Gasteiger partial charge in [0.25, 0.3) is 0 Å². The van der Waals surface area contributed by atoms with E-state index in [1.54, 1.807) is 24.4 Å². The number of nitrogens with zero attached hydrogens (tertiary/aromatic N) is 4. The number of pyridine rings is 1. The second-order valence-electron chi connectivity index (χ2n) is 6.66. The molecule has 0 spiro atoms. The molecule has 0 N–H and O–H groups in total. The SMILES string of the molecule is CCCN1C(=S)/C(=C/c2ccc(N(C)C)nc2)N=C1/C=C/c1ccccc1F. The van der Waals surface area contributed by atoms with Crippen molar-refractivity contribution in [3.8, 4) is 0 Å². The Balaban J connectivity index is 1.89. The molecule has 0 bridgehead atoms. The molecule has 1 aromatic carbocycles. The van der Waals surface area contributed by atoms with E-state index in [0.29, 0.717) is 10.6 Å². The smallest absolute Gasteiger partial charge is 0.134 e. The lowest BCUT2D eigenvalue weighted by molar-refractivity contribution is 0.617. The average molecular weight is 395 g/mol. The Labute approximate surface area is 170 Å². The van der Waals surface area contributed by atoms with Crippen LogP contribution in [0.25, 0.3) is 12.2 Å². The lowest BCUT2D eigenvalue weighted by atomic mass is 10.2. The molecule has 0 saturated carbocycles. The van der Waals surface area contributed by atoms with E-state index in [1.165, 1.54) is 6.07 Å². The van der Waals surface area contributed by atoms with Gasteiger partial charge >= 0.3 is 0 Å². The second kappa shape index (κ2) is 8.89. The van der Waals surface area contributed by atoms with Gasteiger partial charge in [-0.15, -0.1) is 0 Å². The minimum atomic E-state index is -0.259. The Morgan fingerprint density at radius 2 is 1.93 bits per heavy atom. The molecule has 1 aromatic heterocycles. The van der Waals surface area contributed by atoms with Gasteiger partial charge in [0.2, 0.25) is 0 Å². The molecular weight excluding hydrogens is 371 g/mol. The van der Waals surface area contributed by atoms with Crippen molar-refractivity contribution in [2.45, 2.75) is 13.3 Å². The molecule has 144 valence electrons. The molecule has 0 saturated heterocycles. The first-order chi connectivity index (χ1) is 13.5. The fourth-order valence-electron chi connectivity index (χ4n) is 2.81. The lowest BCUT2D eigenvalue weighted by Gasteiger charge is -2.17. The first-order valence-corrected chi connectivity index (χ1v) is 9.58. The molecule has 2 aromatic rings. The van der Waals surface area contributed by atoms with Crippen molar-refractivity contribution in [1.82, 2.24) is 9.88 Å². The number of hydrogen-bond donors (Lipinski definition) is 0. The Kier molecular flexibility index (Phi) is 6.31. The normalized spacial score (nSPS) is 15.6. The number of aliphatic imine (C=N–C) groups is 1. The Bertz CT molecular complexity index is 945. The molecule has 1 aliphatic rings. The van der Waals surface area contributed by atoms with E-state index in [-0.39, 0.29) is 5.82 Å². The maximum absolute atomic E-state index is 13.9.